The van der Waals surface area contributed by atoms with Crippen molar-refractivity contribution in [3.05, 3.63) is 18.2 Å². The summed E-state index contributed by atoms with van der Waals surface area (Å²) in [7, 11) is 1.24. The van der Waals surface area contributed by atoms with E-state index < -0.39 is 17.7 Å². The molecule has 0 spiro atoms. The molecular weight excluding hydrogens is 212 g/mol. The summed E-state index contributed by atoms with van der Waals surface area (Å²) in [5.74, 6) is -0.595. The lowest BCUT2D eigenvalue weighted by molar-refractivity contribution is 0.0536. The number of nitrogens with zero attached hydrogens (tertiary/aromatic N) is 2. The molecular formula is C10H14N2O4. The molecule has 0 aliphatic heterocycles. The maximum Gasteiger partial charge on any atom is 0.419 e. The van der Waals surface area contributed by atoms with E-state index in [1.165, 1.54) is 19.6 Å². The van der Waals surface area contributed by atoms with Crippen molar-refractivity contribution in [2.75, 3.05) is 7.11 Å². The third-order valence-corrected chi connectivity index (χ3v) is 1.58. The molecule has 0 saturated carbocycles. The molecule has 1 aromatic rings. The van der Waals surface area contributed by atoms with E-state index in [0.717, 1.165) is 4.57 Å². The zero-order valence-corrected chi connectivity index (χ0v) is 9.68. The molecule has 0 atom stereocenters. The number of hydrogen-bond acceptors (Lipinski definition) is 5. The maximum absolute atomic E-state index is 11.5. The summed E-state index contributed by atoms with van der Waals surface area (Å²) in [5, 5.41) is 0. The predicted molar refractivity (Wildman–Crippen MR) is 55.2 cm³/mol. The number of imidazole rings is 1. The number of carbonyl (C=O) groups is 2. The summed E-state index contributed by atoms with van der Waals surface area (Å²) in [6, 6.07) is 0. The third-order valence-electron chi connectivity index (χ3n) is 1.58. The second-order valence-corrected chi connectivity index (χ2v) is 4.14. The molecule has 0 saturated heterocycles. The van der Waals surface area contributed by atoms with Crippen molar-refractivity contribution >= 4 is 12.1 Å². The zero-order chi connectivity index (χ0) is 12.3. The number of aromatic nitrogens is 2. The van der Waals surface area contributed by atoms with Gasteiger partial charge in [0.15, 0.2) is 5.69 Å². The first kappa shape index (κ1) is 12.2. The molecule has 1 rings (SSSR count). The van der Waals surface area contributed by atoms with Gasteiger partial charge in [0.05, 0.1) is 7.11 Å². The van der Waals surface area contributed by atoms with Crippen LogP contribution in [0.1, 0.15) is 31.3 Å². The molecule has 88 valence electrons. The SMILES string of the molecule is COC(=O)c1cn(C(=O)OC(C)(C)C)cn1. The molecule has 6 nitrogen and oxygen atoms in total. The average Bonchev–Trinajstić information content (AvgIpc) is 2.62. The first-order valence-electron chi connectivity index (χ1n) is 4.69. The fourth-order valence-electron chi connectivity index (χ4n) is 0.947. The number of methoxy groups -OCH3 is 1. The lowest BCUT2D eigenvalue weighted by atomic mass is 10.2. The molecule has 0 unspecified atom stereocenters. The van der Waals surface area contributed by atoms with E-state index in [4.69, 9.17) is 4.74 Å². The largest absolute Gasteiger partial charge is 0.464 e. The Hall–Kier alpha value is -1.85. The van der Waals surface area contributed by atoms with Gasteiger partial charge < -0.3 is 9.47 Å². The molecule has 0 aromatic carbocycles. The second-order valence-electron chi connectivity index (χ2n) is 4.14. The van der Waals surface area contributed by atoms with E-state index in [0.29, 0.717) is 0 Å². The van der Waals surface area contributed by atoms with E-state index in [1.807, 2.05) is 0 Å². The van der Waals surface area contributed by atoms with E-state index >= 15 is 0 Å². The minimum Gasteiger partial charge on any atom is -0.464 e. The standard InChI is InChI=1S/C10H14N2O4/c1-10(2,3)16-9(14)12-5-7(11-6-12)8(13)15-4/h5-6H,1-4H3. The van der Waals surface area contributed by atoms with Crippen LogP contribution in [0.4, 0.5) is 4.79 Å². The van der Waals surface area contributed by atoms with Crippen LogP contribution in [0, 0.1) is 0 Å². The number of carbonyl (C=O) groups excluding carboxylic acids is 2. The number of ether oxygens (including phenoxy) is 2. The Morgan fingerprint density at radius 2 is 2.00 bits per heavy atom. The van der Waals surface area contributed by atoms with Crippen molar-refractivity contribution in [1.82, 2.24) is 9.55 Å². The van der Waals surface area contributed by atoms with Gasteiger partial charge in [0.1, 0.15) is 11.9 Å². The highest BCUT2D eigenvalue weighted by atomic mass is 16.6. The molecule has 0 radical (unpaired) electrons. The molecule has 0 aliphatic carbocycles. The molecule has 0 N–H and O–H groups in total. The Morgan fingerprint density at radius 1 is 1.38 bits per heavy atom. The first-order chi connectivity index (χ1) is 7.33. The molecule has 0 bridgehead atoms. The number of esters is 1. The molecule has 6 heteroatoms. The average molecular weight is 226 g/mol. The van der Waals surface area contributed by atoms with Crippen LogP contribution in [0.15, 0.2) is 12.5 Å². The highest BCUT2D eigenvalue weighted by Gasteiger charge is 2.19. The van der Waals surface area contributed by atoms with Crippen LogP contribution >= 0.6 is 0 Å². The van der Waals surface area contributed by atoms with E-state index in [1.54, 1.807) is 20.8 Å². The summed E-state index contributed by atoms with van der Waals surface area (Å²) in [5.41, 5.74) is -0.527. The molecule has 0 amide bonds. The van der Waals surface area contributed by atoms with Gasteiger partial charge in [-0.2, -0.15) is 0 Å². The Morgan fingerprint density at radius 3 is 2.50 bits per heavy atom. The Balaban J connectivity index is 2.78. The summed E-state index contributed by atoms with van der Waals surface area (Å²) in [6.07, 6.45) is 1.88. The van der Waals surface area contributed by atoms with Crippen LogP contribution in [0.5, 0.6) is 0 Å². The van der Waals surface area contributed by atoms with Gasteiger partial charge in [-0.05, 0) is 20.8 Å². The quantitative estimate of drug-likeness (QED) is 0.678. The van der Waals surface area contributed by atoms with Crippen LogP contribution < -0.4 is 0 Å². The number of hydrogen-bond donors (Lipinski definition) is 0. The Bertz CT molecular complexity index is 403. The molecule has 0 fully saturated rings. The van der Waals surface area contributed by atoms with Crippen molar-refractivity contribution in [2.45, 2.75) is 26.4 Å². The van der Waals surface area contributed by atoms with E-state index in [-0.39, 0.29) is 5.69 Å². The van der Waals surface area contributed by atoms with Crippen LogP contribution in [0.2, 0.25) is 0 Å². The molecule has 0 aliphatic rings. The smallest absolute Gasteiger partial charge is 0.419 e. The van der Waals surface area contributed by atoms with Gasteiger partial charge in [0, 0.05) is 6.20 Å². The van der Waals surface area contributed by atoms with Crippen molar-refractivity contribution in [2.24, 2.45) is 0 Å². The fraction of sp³-hybridized carbons (Fsp3) is 0.500. The van der Waals surface area contributed by atoms with Crippen molar-refractivity contribution in [3.63, 3.8) is 0 Å². The van der Waals surface area contributed by atoms with Crippen molar-refractivity contribution < 1.29 is 19.1 Å². The van der Waals surface area contributed by atoms with Crippen LogP contribution in [-0.4, -0.2) is 34.3 Å². The molecule has 1 aromatic heterocycles. The monoisotopic (exact) mass is 226 g/mol. The Labute approximate surface area is 93.2 Å². The van der Waals surface area contributed by atoms with Crippen molar-refractivity contribution in [1.29, 1.82) is 0 Å². The third kappa shape index (κ3) is 3.08. The van der Waals surface area contributed by atoms with E-state index in [9.17, 15) is 9.59 Å². The summed E-state index contributed by atoms with van der Waals surface area (Å²) < 4.78 is 10.6. The van der Waals surface area contributed by atoms with Gasteiger partial charge in [-0.15, -0.1) is 0 Å². The van der Waals surface area contributed by atoms with Crippen LogP contribution in [0.25, 0.3) is 0 Å². The van der Waals surface area contributed by atoms with E-state index in [2.05, 4.69) is 9.72 Å². The van der Waals surface area contributed by atoms with Crippen LogP contribution in [0.3, 0.4) is 0 Å². The van der Waals surface area contributed by atoms with Gasteiger partial charge in [-0.1, -0.05) is 0 Å². The topological polar surface area (TPSA) is 70.4 Å². The van der Waals surface area contributed by atoms with Gasteiger partial charge in [0.25, 0.3) is 0 Å². The molecule has 1 heterocycles. The van der Waals surface area contributed by atoms with Crippen LogP contribution in [-0.2, 0) is 9.47 Å². The minimum absolute atomic E-state index is 0.0633. The summed E-state index contributed by atoms with van der Waals surface area (Å²) in [4.78, 5) is 26.3. The number of rotatable bonds is 1. The fourth-order valence-corrected chi connectivity index (χ4v) is 0.947. The lowest BCUT2D eigenvalue weighted by Gasteiger charge is -2.18. The highest BCUT2D eigenvalue weighted by molar-refractivity contribution is 5.87. The van der Waals surface area contributed by atoms with Gasteiger partial charge in [-0.25, -0.2) is 19.1 Å². The minimum atomic E-state index is -0.595. The predicted octanol–water partition coefficient (Wildman–Crippen LogP) is 1.45. The Kier molecular flexibility index (Phi) is 3.31. The highest BCUT2D eigenvalue weighted by Crippen LogP contribution is 2.09. The molecule has 16 heavy (non-hydrogen) atoms. The maximum atomic E-state index is 11.5. The normalized spacial score (nSPS) is 11.0. The van der Waals surface area contributed by atoms with Crippen molar-refractivity contribution in [3.8, 4) is 0 Å². The van der Waals surface area contributed by atoms with Gasteiger partial charge in [0.2, 0.25) is 0 Å². The van der Waals surface area contributed by atoms with Gasteiger partial charge >= 0.3 is 12.1 Å². The van der Waals surface area contributed by atoms with Gasteiger partial charge in [-0.3, -0.25) is 0 Å². The summed E-state index contributed by atoms with van der Waals surface area (Å²) in [6.45, 7) is 5.26. The first-order valence-corrected chi connectivity index (χ1v) is 4.69. The lowest BCUT2D eigenvalue weighted by Crippen LogP contribution is -2.26. The zero-order valence-electron chi connectivity index (χ0n) is 9.68. The summed E-state index contributed by atoms with van der Waals surface area (Å²) >= 11 is 0. The second kappa shape index (κ2) is 4.34.